The van der Waals surface area contributed by atoms with Crippen molar-refractivity contribution in [2.45, 2.75) is 45.4 Å². The summed E-state index contributed by atoms with van der Waals surface area (Å²) >= 11 is 0. The van der Waals surface area contributed by atoms with Crippen LogP contribution in [0.2, 0.25) is 0 Å². The van der Waals surface area contributed by atoms with E-state index < -0.39 is 10.1 Å². The van der Waals surface area contributed by atoms with E-state index >= 15 is 0 Å². The molecule has 0 aliphatic heterocycles. The van der Waals surface area contributed by atoms with Crippen LogP contribution in [-0.4, -0.2) is 23.9 Å². The summed E-state index contributed by atoms with van der Waals surface area (Å²) < 4.78 is 34.3. The highest BCUT2D eigenvalue weighted by molar-refractivity contribution is 7.86. The maximum Gasteiger partial charge on any atom is 0.295 e. The molecule has 0 amide bonds. The quantitative estimate of drug-likeness (QED) is 0.617. The van der Waals surface area contributed by atoms with Gasteiger partial charge in [-0.25, -0.2) is 0 Å². The first-order valence-corrected chi connectivity index (χ1v) is 11.5. The van der Waals surface area contributed by atoms with Gasteiger partial charge in [0.15, 0.2) is 5.78 Å². The van der Waals surface area contributed by atoms with Crippen molar-refractivity contribution in [3.8, 4) is 5.75 Å². The van der Waals surface area contributed by atoms with E-state index in [0.717, 1.165) is 17.5 Å². The largest absolute Gasteiger partial charge is 0.508 e. The normalized spacial score (nSPS) is 16.1. The van der Waals surface area contributed by atoms with Gasteiger partial charge < -0.3 is 5.11 Å². The second-order valence-electron chi connectivity index (χ2n) is 7.82. The molecule has 2 aromatic carbocycles. The highest BCUT2D eigenvalue weighted by Gasteiger charge is 2.25. The van der Waals surface area contributed by atoms with Gasteiger partial charge in [0.05, 0.1) is 0 Å². The molecule has 0 atom stereocenters. The SMILES string of the molecule is CCCC1=CC(=C(c2cc(C)c(O)cc2C)c2ccccc2S(=O)(=O)O)C(C)=CC1=O. The van der Waals surface area contributed by atoms with Gasteiger partial charge in [0.1, 0.15) is 10.6 Å². The van der Waals surface area contributed by atoms with Crippen LogP contribution in [0.4, 0.5) is 0 Å². The lowest BCUT2D eigenvalue weighted by molar-refractivity contribution is -0.111. The Morgan fingerprint density at radius 3 is 2.29 bits per heavy atom. The van der Waals surface area contributed by atoms with E-state index in [1.54, 1.807) is 43.3 Å². The van der Waals surface area contributed by atoms with Crippen LogP contribution in [0.25, 0.3) is 5.57 Å². The number of ketones is 1. The predicted molar refractivity (Wildman–Crippen MR) is 122 cm³/mol. The molecule has 0 heterocycles. The summed E-state index contributed by atoms with van der Waals surface area (Å²) in [6.45, 7) is 7.39. The Morgan fingerprint density at radius 2 is 1.65 bits per heavy atom. The van der Waals surface area contributed by atoms with Crippen LogP contribution in [0.15, 0.2) is 70.2 Å². The zero-order chi connectivity index (χ0) is 22.9. The van der Waals surface area contributed by atoms with Crippen LogP contribution in [0.3, 0.4) is 0 Å². The molecule has 3 rings (SSSR count). The van der Waals surface area contributed by atoms with E-state index in [2.05, 4.69) is 0 Å². The highest BCUT2D eigenvalue weighted by Crippen LogP contribution is 2.39. The number of benzene rings is 2. The topological polar surface area (TPSA) is 91.7 Å². The van der Waals surface area contributed by atoms with Crippen molar-refractivity contribution in [2.24, 2.45) is 0 Å². The van der Waals surface area contributed by atoms with Crippen molar-refractivity contribution in [3.63, 3.8) is 0 Å². The number of aromatic hydroxyl groups is 1. The van der Waals surface area contributed by atoms with E-state index in [-0.39, 0.29) is 16.4 Å². The van der Waals surface area contributed by atoms with Crippen LogP contribution in [-0.2, 0) is 14.9 Å². The predicted octanol–water partition coefficient (Wildman–Crippen LogP) is 5.31. The lowest BCUT2D eigenvalue weighted by Crippen LogP contribution is -2.10. The summed E-state index contributed by atoms with van der Waals surface area (Å²) in [5, 5.41) is 10.1. The monoisotopic (exact) mass is 438 g/mol. The van der Waals surface area contributed by atoms with Crippen molar-refractivity contribution in [3.05, 3.63) is 87.5 Å². The van der Waals surface area contributed by atoms with Crippen molar-refractivity contribution in [1.82, 2.24) is 0 Å². The molecule has 0 saturated carbocycles. The minimum Gasteiger partial charge on any atom is -0.508 e. The van der Waals surface area contributed by atoms with Gasteiger partial charge >= 0.3 is 0 Å². The molecule has 1 aliphatic carbocycles. The standard InChI is InChI=1S/C25H26O5S/c1-5-8-18-14-21(16(3)13-23(18)27)25(20-11-17(4)22(26)12-15(20)2)19-9-6-7-10-24(19)31(28,29)30/h6-7,9-14,26H,5,8H2,1-4H3,(H,28,29,30). The molecule has 2 N–H and O–H groups in total. The first-order valence-electron chi connectivity index (χ1n) is 10.1. The molecule has 0 fully saturated rings. The summed E-state index contributed by atoms with van der Waals surface area (Å²) in [5.74, 6) is 0.0890. The third-order valence-corrected chi connectivity index (χ3v) is 6.35. The lowest BCUT2D eigenvalue weighted by atomic mass is 9.83. The third-order valence-electron chi connectivity index (χ3n) is 5.44. The molecule has 31 heavy (non-hydrogen) atoms. The Bertz CT molecular complexity index is 1260. The van der Waals surface area contributed by atoms with Gasteiger partial charge in [-0.15, -0.1) is 0 Å². The first kappa shape index (κ1) is 22.7. The van der Waals surface area contributed by atoms with Crippen molar-refractivity contribution in [1.29, 1.82) is 0 Å². The number of allylic oxidation sites excluding steroid dienone is 5. The van der Waals surface area contributed by atoms with Gasteiger partial charge in [-0.2, -0.15) is 8.42 Å². The van der Waals surface area contributed by atoms with E-state index in [4.69, 9.17) is 0 Å². The van der Waals surface area contributed by atoms with Gasteiger partial charge in [0.2, 0.25) is 0 Å². The van der Waals surface area contributed by atoms with Crippen LogP contribution in [0, 0.1) is 13.8 Å². The minimum absolute atomic E-state index is 0.0517. The van der Waals surface area contributed by atoms with Gasteiger partial charge in [0, 0.05) is 11.1 Å². The molecule has 0 aromatic heterocycles. The van der Waals surface area contributed by atoms with Crippen molar-refractivity contribution in [2.75, 3.05) is 0 Å². The van der Waals surface area contributed by atoms with E-state index in [9.17, 15) is 22.9 Å². The second-order valence-corrected chi connectivity index (χ2v) is 9.21. The second kappa shape index (κ2) is 8.65. The zero-order valence-electron chi connectivity index (χ0n) is 18.1. The van der Waals surface area contributed by atoms with E-state index in [1.165, 1.54) is 6.07 Å². The molecule has 162 valence electrons. The molecule has 0 bridgehead atoms. The van der Waals surface area contributed by atoms with Gasteiger partial charge in [-0.3, -0.25) is 9.35 Å². The molecule has 0 saturated heterocycles. The number of carbonyl (C=O) groups excluding carboxylic acids is 1. The van der Waals surface area contributed by atoms with Gasteiger partial charge in [-0.1, -0.05) is 31.5 Å². The Kier molecular flexibility index (Phi) is 6.34. The van der Waals surface area contributed by atoms with E-state index in [1.807, 2.05) is 26.8 Å². The lowest BCUT2D eigenvalue weighted by Gasteiger charge is -2.22. The zero-order valence-corrected chi connectivity index (χ0v) is 18.9. The molecule has 6 heteroatoms. The van der Waals surface area contributed by atoms with Crippen LogP contribution in [0.1, 0.15) is 48.9 Å². The average molecular weight is 439 g/mol. The molecule has 2 aromatic rings. The maximum absolute atomic E-state index is 12.5. The molecule has 1 aliphatic rings. The number of aryl methyl sites for hydroxylation is 2. The van der Waals surface area contributed by atoms with Crippen LogP contribution >= 0.6 is 0 Å². The molecular weight excluding hydrogens is 412 g/mol. The molecule has 0 unspecified atom stereocenters. The number of phenolic OH excluding ortho intramolecular Hbond substituents is 1. The summed E-state index contributed by atoms with van der Waals surface area (Å²) in [7, 11) is -4.50. The molecule has 0 radical (unpaired) electrons. The number of phenols is 1. The minimum atomic E-state index is -4.50. The number of carbonyl (C=O) groups is 1. The van der Waals surface area contributed by atoms with E-state index in [0.29, 0.717) is 39.8 Å². The van der Waals surface area contributed by atoms with Crippen LogP contribution in [0.5, 0.6) is 5.75 Å². The van der Waals surface area contributed by atoms with Crippen LogP contribution < -0.4 is 0 Å². The average Bonchev–Trinajstić information content (AvgIpc) is 2.69. The summed E-state index contributed by atoms with van der Waals surface area (Å²) in [6.07, 6.45) is 4.79. The maximum atomic E-state index is 12.5. The molecular formula is C25H26O5S. The number of hydrogen-bond acceptors (Lipinski definition) is 4. The third kappa shape index (κ3) is 4.55. The summed E-state index contributed by atoms with van der Waals surface area (Å²) in [4.78, 5) is 12.3. The Hall–Kier alpha value is -2.96. The molecule has 5 nitrogen and oxygen atoms in total. The van der Waals surface area contributed by atoms with Crippen molar-refractivity contribution >= 4 is 21.5 Å². The summed E-state index contributed by atoms with van der Waals surface area (Å²) in [6, 6.07) is 9.68. The van der Waals surface area contributed by atoms with Gasteiger partial charge in [-0.05, 0) is 91.0 Å². The number of rotatable bonds is 5. The fraction of sp³-hybridized carbons (Fsp3) is 0.240. The molecule has 0 spiro atoms. The Balaban J connectivity index is 2.49. The Morgan fingerprint density at radius 1 is 0.968 bits per heavy atom. The summed E-state index contributed by atoms with van der Waals surface area (Å²) in [5.41, 5.74) is 5.09. The number of hydrogen-bond donors (Lipinski definition) is 2. The fourth-order valence-corrected chi connectivity index (χ4v) is 4.56. The van der Waals surface area contributed by atoms with Gasteiger partial charge in [0.25, 0.3) is 10.1 Å². The Labute approximate surface area is 183 Å². The highest BCUT2D eigenvalue weighted by atomic mass is 32.2. The van der Waals surface area contributed by atoms with Crippen molar-refractivity contribution < 1.29 is 22.9 Å². The smallest absolute Gasteiger partial charge is 0.295 e. The fourth-order valence-electron chi connectivity index (χ4n) is 3.86. The first-order chi connectivity index (χ1) is 14.5.